The summed E-state index contributed by atoms with van der Waals surface area (Å²) in [5.74, 6) is 0.348. The monoisotopic (exact) mass is 466 g/mol. The summed E-state index contributed by atoms with van der Waals surface area (Å²) in [6, 6.07) is 6.32. The van der Waals surface area contributed by atoms with E-state index in [2.05, 4.69) is 27.7 Å². The second-order valence-electron chi connectivity index (χ2n) is 10.6. The fraction of sp³-hybridized carbons (Fsp3) is 0.679. The highest BCUT2D eigenvalue weighted by atomic mass is 16.2. The first-order chi connectivity index (χ1) is 16.5. The number of benzene rings is 1. The molecule has 0 bridgehead atoms. The summed E-state index contributed by atoms with van der Waals surface area (Å²) >= 11 is 0. The van der Waals surface area contributed by atoms with Gasteiger partial charge in [-0.1, -0.05) is 57.1 Å². The molecule has 0 radical (unpaired) electrons. The number of hydrogen-bond donors (Lipinski definition) is 3. The van der Waals surface area contributed by atoms with Gasteiger partial charge in [0.1, 0.15) is 0 Å². The number of anilines is 1. The zero-order valence-corrected chi connectivity index (χ0v) is 20.8. The molecular weight excluding hydrogens is 424 g/mol. The fourth-order valence-corrected chi connectivity index (χ4v) is 6.19. The summed E-state index contributed by atoms with van der Waals surface area (Å²) in [5.41, 5.74) is 3.27. The molecule has 3 fully saturated rings. The normalized spacial score (nSPS) is 24.6. The summed E-state index contributed by atoms with van der Waals surface area (Å²) in [5, 5.41) is 14.3. The van der Waals surface area contributed by atoms with Gasteiger partial charge in [0.25, 0.3) is 0 Å². The van der Waals surface area contributed by atoms with Crippen molar-refractivity contribution >= 4 is 23.2 Å². The van der Waals surface area contributed by atoms with Crippen LogP contribution in [0.5, 0.6) is 0 Å². The Labute approximate surface area is 204 Å². The number of piperidine rings is 2. The molecule has 3 N–H and O–H groups in total. The second-order valence-corrected chi connectivity index (χ2v) is 10.6. The molecule has 3 aliphatic rings. The SMILES string of the molecule is CNc1cc([C@H]2CCCN(CCCCC3CCCCC3)C2)ccc1C(=N)C1CCC(=O)NC1=O. The zero-order chi connectivity index (χ0) is 23.9. The van der Waals surface area contributed by atoms with Crippen molar-refractivity contribution in [3.05, 3.63) is 29.3 Å². The Morgan fingerprint density at radius 1 is 1.09 bits per heavy atom. The van der Waals surface area contributed by atoms with Gasteiger partial charge in [-0.2, -0.15) is 0 Å². The van der Waals surface area contributed by atoms with Gasteiger partial charge in [-0.25, -0.2) is 0 Å². The van der Waals surface area contributed by atoms with Crippen LogP contribution >= 0.6 is 0 Å². The molecule has 2 heterocycles. The molecule has 2 amide bonds. The molecular formula is C28H42N4O2. The van der Waals surface area contributed by atoms with Gasteiger partial charge < -0.3 is 15.6 Å². The summed E-state index contributed by atoms with van der Waals surface area (Å²) in [6.45, 7) is 3.52. The van der Waals surface area contributed by atoms with Crippen molar-refractivity contribution in [1.82, 2.24) is 10.2 Å². The summed E-state index contributed by atoms with van der Waals surface area (Å²) in [4.78, 5) is 26.4. The molecule has 2 atom stereocenters. The smallest absolute Gasteiger partial charge is 0.235 e. The Kier molecular flexibility index (Phi) is 8.76. The molecule has 6 heteroatoms. The lowest BCUT2D eigenvalue weighted by atomic mass is 9.85. The fourth-order valence-electron chi connectivity index (χ4n) is 6.19. The maximum atomic E-state index is 12.3. The van der Waals surface area contributed by atoms with Crippen molar-refractivity contribution in [2.45, 2.75) is 83.0 Å². The highest BCUT2D eigenvalue weighted by molar-refractivity contribution is 6.17. The van der Waals surface area contributed by atoms with Crippen LogP contribution in [0, 0.1) is 17.2 Å². The summed E-state index contributed by atoms with van der Waals surface area (Å²) in [6.07, 6.45) is 14.5. The van der Waals surface area contributed by atoms with Gasteiger partial charge in [0.2, 0.25) is 11.8 Å². The Bertz CT molecular complexity index is 877. The minimum Gasteiger partial charge on any atom is -0.388 e. The van der Waals surface area contributed by atoms with E-state index in [1.54, 1.807) is 0 Å². The van der Waals surface area contributed by atoms with Crippen LogP contribution in [0.25, 0.3) is 0 Å². The van der Waals surface area contributed by atoms with Gasteiger partial charge in [0, 0.05) is 31.3 Å². The van der Waals surface area contributed by atoms with Gasteiger partial charge >= 0.3 is 0 Å². The third-order valence-electron chi connectivity index (χ3n) is 8.23. The predicted molar refractivity (Wildman–Crippen MR) is 138 cm³/mol. The van der Waals surface area contributed by atoms with E-state index in [0.717, 1.165) is 23.7 Å². The average molecular weight is 467 g/mol. The number of nitrogens with one attached hydrogen (secondary N) is 3. The van der Waals surface area contributed by atoms with Crippen molar-refractivity contribution in [3.63, 3.8) is 0 Å². The molecule has 1 unspecified atom stereocenters. The number of likely N-dealkylation sites (tertiary alicyclic amines) is 1. The standard InChI is InChI=1S/C28H42N4O2/c1-30-25-18-21(12-13-23(25)27(29)24-14-15-26(33)31-28(24)34)22-11-7-17-32(19-22)16-6-5-10-20-8-3-2-4-9-20/h12-13,18,20,22,24,29-30H,2-11,14-17,19H2,1H3,(H,31,33,34)/t22-,24?/m0/s1. The first kappa shape index (κ1) is 24.9. The average Bonchev–Trinajstić information content (AvgIpc) is 2.87. The molecule has 34 heavy (non-hydrogen) atoms. The number of carbonyl (C=O) groups excluding carboxylic acids is 2. The Morgan fingerprint density at radius 2 is 1.91 bits per heavy atom. The number of unbranched alkanes of at least 4 members (excludes halogenated alkanes) is 1. The van der Waals surface area contributed by atoms with Gasteiger partial charge in [0.15, 0.2) is 0 Å². The van der Waals surface area contributed by atoms with E-state index in [9.17, 15) is 9.59 Å². The topological polar surface area (TPSA) is 85.3 Å². The number of carbonyl (C=O) groups is 2. The van der Waals surface area contributed by atoms with Crippen molar-refractivity contribution in [2.75, 3.05) is 32.0 Å². The first-order valence-corrected chi connectivity index (χ1v) is 13.5. The van der Waals surface area contributed by atoms with E-state index in [1.165, 1.54) is 82.9 Å². The van der Waals surface area contributed by atoms with Crippen molar-refractivity contribution in [3.8, 4) is 0 Å². The zero-order valence-electron chi connectivity index (χ0n) is 20.8. The van der Waals surface area contributed by atoms with E-state index in [4.69, 9.17) is 5.41 Å². The minimum absolute atomic E-state index is 0.242. The maximum absolute atomic E-state index is 12.3. The van der Waals surface area contributed by atoms with Gasteiger partial charge in [0.05, 0.1) is 11.6 Å². The minimum atomic E-state index is -0.561. The molecule has 6 nitrogen and oxygen atoms in total. The molecule has 1 aliphatic carbocycles. The third-order valence-corrected chi connectivity index (χ3v) is 8.23. The van der Waals surface area contributed by atoms with Gasteiger partial charge in [-0.15, -0.1) is 0 Å². The van der Waals surface area contributed by atoms with Gasteiger partial charge in [-0.3, -0.25) is 14.9 Å². The molecule has 2 aliphatic heterocycles. The van der Waals surface area contributed by atoms with Crippen LogP contribution in [0.3, 0.4) is 0 Å². The van der Waals surface area contributed by atoms with Crippen molar-refractivity contribution in [2.24, 2.45) is 11.8 Å². The number of amides is 2. The number of rotatable bonds is 9. The molecule has 2 saturated heterocycles. The second kappa shape index (κ2) is 12.0. The largest absolute Gasteiger partial charge is 0.388 e. The summed E-state index contributed by atoms with van der Waals surface area (Å²) in [7, 11) is 1.87. The van der Waals surface area contributed by atoms with Crippen LogP contribution in [0.4, 0.5) is 5.69 Å². The Hall–Kier alpha value is -2.21. The lowest BCUT2D eigenvalue weighted by Crippen LogP contribution is -2.44. The van der Waals surface area contributed by atoms with Crippen LogP contribution < -0.4 is 10.6 Å². The van der Waals surface area contributed by atoms with E-state index in [1.807, 2.05) is 13.1 Å². The number of nitrogens with zero attached hydrogens (tertiary/aromatic N) is 1. The molecule has 1 aromatic rings. The lowest BCUT2D eigenvalue weighted by Gasteiger charge is -2.33. The van der Waals surface area contributed by atoms with Crippen LogP contribution in [-0.4, -0.2) is 49.1 Å². The van der Waals surface area contributed by atoms with E-state index in [0.29, 0.717) is 24.5 Å². The predicted octanol–water partition coefficient (Wildman–Crippen LogP) is 5.08. The quantitative estimate of drug-likeness (QED) is 0.269. The van der Waals surface area contributed by atoms with Gasteiger partial charge in [-0.05, 0) is 62.2 Å². The highest BCUT2D eigenvalue weighted by Gasteiger charge is 2.32. The molecule has 0 aromatic heterocycles. The summed E-state index contributed by atoms with van der Waals surface area (Å²) < 4.78 is 0. The molecule has 0 spiro atoms. The first-order valence-electron chi connectivity index (χ1n) is 13.5. The van der Waals surface area contributed by atoms with Crippen LogP contribution in [0.2, 0.25) is 0 Å². The number of imide groups is 1. The Balaban J connectivity index is 1.32. The third kappa shape index (κ3) is 6.26. The molecule has 186 valence electrons. The number of hydrogen-bond acceptors (Lipinski definition) is 5. The van der Waals surface area contributed by atoms with Crippen LogP contribution in [0.1, 0.15) is 94.1 Å². The van der Waals surface area contributed by atoms with E-state index in [-0.39, 0.29) is 11.8 Å². The highest BCUT2D eigenvalue weighted by Crippen LogP contribution is 2.32. The van der Waals surface area contributed by atoms with Crippen molar-refractivity contribution < 1.29 is 9.59 Å². The Morgan fingerprint density at radius 3 is 2.68 bits per heavy atom. The van der Waals surface area contributed by atoms with Crippen LogP contribution in [0.15, 0.2) is 18.2 Å². The van der Waals surface area contributed by atoms with Crippen LogP contribution in [-0.2, 0) is 9.59 Å². The van der Waals surface area contributed by atoms with E-state index >= 15 is 0 Å². The molecule has 1 saturated carbocycles. The molecule has 1 aromatic carbocycles. The maximum Gasteiger partial charge on any atom is 0.235 e. The van der Waals surface area contributed by atoms with E-state index < -0.39 is 5.92 Å². The molecule has 4 rings (SSSR count). The lowest BCUT2D eigenvalue weighted by molar-refractivity contribution is -0.134. The van der Waals surface area contributed by atoms with Crippen molar-refractivity contribution in [1.29, 1.82) is 5.41 Å².